The number of nitrogens with one attached hydrogen (secondary N) is 1. The van der Waals surface area contributed by atoms with Crippen LogP contribution < -0.4 is 5.43 Å². The summed E-state index contributed by atoms with van der Waals surface area (Å²) in [6.45, 7) is 4.23. The number of hydrogen-bond donors (Lipinski definition) is 1. The van der Waals surface area contributed by atoms with E-state index in [2.05, 4.69) is 29.2 Å². The van der Waals surface area contributed by atoms with Gasteiger partial charge in [-0.3, -0.25) is 5.43 Å². The maximum Gasteiger partial charge on any atom is 0.224 e. The molecule has 1 aliphatic heterocycles. The van der Waals surface area contributed by atoms with Gasteiger partial charge in [-0.05, 0) is 38.3 Å². The SMILES string of the molecule is CC1CCCC(C)N1Nc1nc(Cl)ncc1F. The number of nitrogens with zero attached hydrogens (tertiary/aromatic N) is 3. The van der Waals surface area contributed by atoms with Gasteiger partial charge < -0.3 is 0 Å². The van der Waals surface area contributed by atoms with Gasteiger partial charge in [-0.15, -0.1) is 0 Å². The Morgan fingerprint density at radius 3 is 2.71 bits per heavy atom. The fraction of sp³-hybridized carbons (Fsp3) is 0.636. The van der Waals surface area contributed by atoms with Crippen LogP contribution in [-0.4, -0.2) is 27.1 Å². The minimum Gasteiger partial charge on any atom is -0.300 e. The van der Waals surface area contributed by atoms with Crippen LogP contribution in [0.5, 0.6) is 0 Å². The van der Waals surface area contributed by atoms with Gasteiger partial charge in [0.05, 0.1) is 6.20 Å². The van der Waals surface area contributed by atoms with Crippen molar-refractivity contribution in [2.45, 2.75) is 45.2 Å². The van der Waals surface area contributed by atoms with Crippen molar-refractivity contribution in [1.29, 1.82) is 0 Å². The first-order chi connectivity index (χ1) is 8.08. The second-order valence-corrected chi connectivity index (χ2v) is 4.82. The molecule has 0 spiro atoms. The highest BCUT2D eigenvalue weighted by Gasteiger charge is 2.25. The van der Waals surface area contributed by atoms with Crippen LogP contribution in [0.25, 0.3) is 0 Å². The van der Waals surface area contributed by atoms with Crippen LogP contribution in [0.15, 0.2) is 6.20 Å². The molecule has 0 amide bonds. The van der Waals surface area contributed by atoms with Gasteiger partial charge in [-0.1, -0.05) is 6.42 Å². The number of hydrazine groups is 1. The summed E-state index contributed by atoms with van der Waals surface area (Å²) in [5.41, 5.74) is 3.01. The van der Waals surface area contributed by atoms with Crippen LogP contribution in [0.4, 0.5) is 10.2 Å². The van der Waals surface area contributed by atoms with E-state index in [1.54, 1.807) is 0 Å². The van der Waals surface area contributed by atoms with Gasteiger partial charge in [0.25, 0.3) is 0 Å². The van der Waals surface area contributed by atoms with E-state index in [0.29, 0.717) is 12.1 Å². The van der Waals surface area contributed by atoms with Gasteiger partial charge in [0.1, 0.15) is 0 Å². The Morgan fingerprint density at radius 1 is 1.41 bits per heavy atom. The molecule has 1 saturated heterocycles. The van der Waals surface area contributed by atoms with Crippen molar-refractivity contribution in [2.75, 3.05) is 5.43 Å². The molecule has 1 aromatic rings. The van der Waals surface area contributed by atoms with E-state index in [4.69, 9.17) is 11.6 Å². The molecule has 2 heterocycles. The highest BCUT2D eigenvalue weighted by molar-refractivity contribution is 6.28. The van der Waals surface area contributed by atoms with Crippen molar-refractivity contribution < 1.29 is 4.39 Å². The van der Waals surface area contributed by atoms with Crippen LogP contribution >= 0.6 is 11.6 Å². The van der Waals surface area contributed by atoms with Gasteiger partial charge in [0.2, 0.25) is 5.28 Å². The van der Waals surface area contributed by atoms with Crippen molar-refractivity contribution in [2.24, 2.45) is 0 Å². The summed E-state index contributed by atoms with van der Waals surface area (Å²) in [4.78, 5) is 7.45. The molecule has 0 radical (unpaired) electrons. The van der Waals surface area contributed by atoms with E-state index in [0.717, 1.165) is 19.0 Å². The van der Waals surface area contributed by atoms with E-state index in [1.807, 2.05) is 5.01 Å². The van der Waals surface area contributed by atoms with E-state index in [1.165, 1.54) is 6.42 Å². The van der Waals surface area contributed by atoms with Crippen LogP contribution in [0.1, 0.15) is 33.1 Å². The van der Waals surface area contributed by atoms with E-state index < -0.39 is 5.82 Å². The minimum atomic E-state index is -0.487. The molecule has 4 nitrogen and oxygen atoms in total. The highest BCUT2D eigenvalue weighted by atomic mass is 35.5. The van der Waals surface area contributed by atoms with E-state index in [-0.39, 0.29) is 11.1 Å². The van der Waals surface area contributed by atoms with Crippen LogP contribution in [0, 0.1) is 5.82 Å². The molecule has 2 rings (SSSR count). The smallest absolute Gasteiger partial charge is 0.224 e. The summed E-state index contributed by atoms with van der Waals surface area (Å²) >= 11 is 5.66. The molecule has 1 aromatic heterocycles. The first kappa shape index (κ1) is 12.5. The third-order valence-electron chi connectivity index (χ3n) is 3.14. The molecule has 0 saturated carbocycles. The summed E-state index contributed by atoms with van der Waals surface area (Å²) in [6.07, 6.45) is 4.47. The van der Waals surface area contributed by atoms with Crippen molar-refractivity contribution >= 4 is 17.4 Å². The zero-order valence-corrected chi connectivity index (χ0v) is 10.7. The summed E-state index contributed by atoms with van der Waals surface area (Å²) in [5.74, 6) is -0.343. The third-order valence-corrected chi connectivity index (χ3v) is 3.33. The Bertz CT molecular complexity index is 391. The average Bonchev–Trinajstić information content (AvgIpc) is 2.28. The zero-order chi connectivity index (χ0) is 12.4. The van der Waals surface area contributed by atoms with Crippen LogP contribution in [-0.2, 0) is 0 Å². The van der Waals surface area contributed by atoms with Crippen LogP contribution in [0.3, 0.4) is 0 Å². The number of halogens is 2. The molecular weight excluding hydrogens is 243 g/mol. The number of aromatic nitrogens is 2. The molecule has 1 fully saturated rings. The fourth-order valence-corrected chi connectivity index (χ4v) is 2.32. The third kappa shape index (κ3) is 2.84. The van der Waals surface area contributed by atoms with Gasteiger partial charge >= 0.3 is 0 Å². The first-order valence-electron chi connectivity index (χ1n) is 5.81. The molecule has 2 unspecified atom stereocenters. The lowest BCUT2D eigenvalue weighted by atomic mass is 10.00. The fourth-order valence-electron chi connectivity index (χ4n) is 2.19. The molecular formula is C11H16ClFN4. The number of anilines is 1. The van der Waals surface area contributed by atoms with Crippen molar-refractivity contribution in [1.82, 2.24) is 15.0 Å². The van der Waals surface area contributed by atoms with Gasteiger partial charge in [-0.25, -0.2) is 14.4 Å². The normalized spacial score (nSPS) is 25.9. The summed E-state index contributed by atoms with van der Waals surface area (Å²) in [7, 11) is 0. The molecule has 2 atom stereocenters. The van der Waals surface area contributed by atoms with Crippen molar-refractivity contribution in [3.63, 3.8) is 0 Å². The predicted octanol–water partition coefficient (Wildman–Crippen LogP) is 2.86. The molecule has 0 aromatic carbocycles. The Morgan fingerprint density at radius 2 is 2.06 bits per heavy atom. The van der Waals surface area contributed by atoms with Gasteiger partial charge in [0.15, 0.2) is 11.6 Å². The molecule has 6 heteroatoms. The van der Waals surface area contributed by atoms with E-state index >= 15 is 0 Å². The first-order valence-corrected chi connectivity index (χ1v) is 6.18. The Labute approximate surface area is 105 Å². The topological polar surface area (TPSA) is 41.0 Å². The van der Waals surface area contributed by atoms with Crippen LogP contribution in [0.2, 0.25) is 5.28 Å². The summed E-state index contributed by atoms with van der Waals surface area (Å²) < 4.78 is 13.5. The predicted molar refractivity (Wildman–Crippen MR) is 65.2 cm³/mol. The Hall–Kier alpha value is -0.940. The number of rotatable bonds is 2. The quantitative estimate of drug-likeness (QED) is 0.829. The minimum absolute atomic E-state index is 0.0474. The Kier molecular flexibility index (Phi) is 3.79. The van der Waals surface area contributed by atoms with E-state index in [9.17, 15) is 4.39 Å². The molecule has 17 heavy (non-hydrogen) atoms. The van der Waals surface area contributed by atoms with Gasteiger partial charge in [0, 0.05) is 12.1 Å². The molecule has 94 valence electrons. The summed E-state index contributed by atoms with van der Waals surface area (Å²) in [6, 6.07) is 0.707. The lowest BCUT2D eigenvalue weighted by Gasteiger charge is -2.39. The maximum atomic E-state index is 13.5. The Balaban J connectivity index is 2.16. The lowest BCUT2D eigenvalue weighted by Crippen LogP contribution is -2.47. The standard InChI is InChI=1S/C11H16ClFN4/c1-7-4-3-5-8(2)17(7)16-10-9(13)6-14-11(12)15-10/h6-8H,3-5H2,1-2H3,(H,14,15,16). The van der Waals surface area contributed by atoms with Crippen molar-refractivity contribution in [3.05, 3.63) is 17.3 Å². The zero-order valence-electron chi connectivity index (χ0n) is 9.95. The second-order valence-electron chi connectivity index (χ2n) is 4.48. The number of piperidine rings is 1. The molecule has 0 bridgehead atoms. The monoisotopic (exact) mass is 258 g/mol. The largest absolute Gasteiger partial charge is 0.300 e. The molecule has 1 N–H and O–H groups in total. The molecule has 1 aliphatic rings. The lowest BCUT2D eigenvalue weighted by molar-refractivity contribution is 0.134. The maximum absolute atomic E-state index is 13.5. The number of hydrogen-bond acceptors (Lipinski definition) is 4. The van der Waals surface area contributed by atoms with Crippen molar-refractivity contribution in [3.8, 4) is 0 Å². The summed E-state index contributed by atoms with van der Waals surface area (Å²) in [5, 5.41) is 2.08. The molecule has 0 aliphatic carbocycles. The highest BCUT2D eigenvalue weighted by Crippen LogP contribution is 2.23. The average molecular weight is 259 g/mol. The van der Waals surface area contributed by atoms with Gasteiger partial charge in [-0.2, -0.15) is 4.98 Å². The second kappa shape index (κ2) is 5.14.